The Hall–Kier alpha value is -3.64. The first-order chi connectivity index (χ1) is 16.6. The molecule has 1 fully saturated rings. The van der Waals surface area contributed by atoms with Gasteiger partial charge in [0.1, 0.15) is 18.2 Å². The molecule has 0 unspecified atom stereocenters. The number of nitrogens with one attached hydrogen (secondary N) is 1. The number of fused-ring (bicyclic) bond motifs is 3. The first-order valence-corrected chi connectivity index (χ1v) is 11.8. The number of aromatic nitrogens is 2. The van der Waals surface area contributed by atoms with Gasteiger partial charge in [-0.2, -0.15) is 0 Å². The molecule has 2 aliphatic rings. The lowest BCUT2D eigenvalue weighted by atomic mass is 9.92. The molecule has 0 bridgehead atoms. The average Bonchev–Trinajstić information content (AvgIpc) is 3.40. The smallest absolute Gasteiger partial charge is 0.326 e. The third kappa shape index (κ3) is 3.55. The predicted octanol–water partition coefficient (Wildman–Crippen LogP) is 5.22. The zero-order valence-corrected chi connectivity index (χ0v) is 19.1. The largest absolute Gasteiger partial charge is 0.488 e. The lowest BCUT2D eigenvalue weighted by molar-refractivity contribution is 0.305. The molecule has 6 rings (SSSR count). The Labute approximate surface area is 197 Å². The van der Waals surface area contributed by atoms with Crippen LogP contribution in [-0.4, -0.2) is 34.1 Å². The van der Waals surface area contributed by atoms with Crippen molar-refractivity contribution in [2.75, 3.05) is 19.6 Å². The van der Waals surface area contributed by atoms with Crippen LogP contribution in [0.4, 0.5) is 4.39 Å². The van der Waals surface area contributed by atoms with Crippen molar-refractivity contribution in [3.63, 3.8) is 0 Å². The maximum absolute atomic E-state index is 14.0. The van der Waals surface area contributed by atoms with Crippen LogP contribution >= 0.6 is 0 Å². The third-order valence-corrected chi connectivity index (χ3v) is 7.04. The van der Waals surface area contributed by atoms with Gasteiger partial charge in [0.05, 0.1) is 17.1 Å². The van der Waals surface area contributed by atoms with Crippen LogP contribution in [0.3, 0.4) is 0 Å². The topological polar surface area (TPSA) is 50.3 Å². The van der Waals surface area contributed by atoms with Gasteiger partial charge in [-0.25, -0.2) is 9.18 Å². The number of likely N-dealkylation sites (N-methyl/N-ethyl adjacent to an activating group) is 1. The van der Waals surface area contributed by atoms with Crippen molar-refractivity contribution >= 4 is 22.7 Å². The Bertz CT molecular complexity index is 1480. The van der Waals surface area contributed by atoms with E-state index in [4.69, 9.17) is 4.74 Å². The number of hydrogen-bond acceptors (Lipinski definition) is 3. The standard InChI is InChI=1S/C28H26FN3O2/c1-2-31-12-11-21(16-31)32-26-10-7-18(14-25(26)30-28(32)33)13-24-22-6-4-3-5-19(22)17-34-27-15-20(29)8-9-23(24)27/h3-10,13-15,21H,2,11-12,16-17H2,1H3,(H,30,33)/t21-/m1/s1. The van der Waals surface area contributed by atoms with Crippen molar-refractivity contribution in [1.82, 2.24) is 14.5 Å². The van der Waals surface area contributed by atoms with E-state index in [9.17, 15) is 9.18 Å². The Morgan fingerprint density at radius 1 is 1.12 bits per heavy atom. The number of imidazole rings is 1. The van der Waals surface area contributed by atoms with Gasteiger partial charge in [0.25, 0.3) is 0 Å². The summed E-state index contributed by atoms with van der Waals surface area (Å²) >= 11 is 0. The second-order valence-corrected chi connectivity index (χ2v) is 9.06. The van der Waals surface area contributed by atoms with Crippen LogP contribution < -0.4 is 10.4 Å². The number of halogens is 1. The highest BCUT2D eigenvalue weighted by atomic mass is 19.1. The van der Waals surface area contributed by atoms with Gasteiger partial charge in [0, 0.05) is 24.7 Å². The fourth-order valence-electron chi connectivity index (χ4n) is 5.28. The molecule has 1 aromatic heterocycles. The molecule has 3 heterocycles. The zero-order valence-electron chi connectivity index (χ0n) is 19.1. The minimum atomic E-state index is -0.321. The summed E-state index contributed by atoms with van der Waals surface area (Å²) in [7, 11) is 0. The summed E-state index contributed by atoms with van der Waals surface area (Å²) in [5.74, 6) is 0.211. The van der Waals surface area contributed by atoms with Crippen LogP contribution in [0.25, 0.3) is 22.7 Å². The molecule has 0 radical (unpaired) electrons. The molecule has 0 spiro atoms. The van der Waals surface area contributed by atoms with Gasteiger partial charge >= 0.3 is 5.69 Å². The van der Waals surface area contributed by atoms with Gasteiger partial charge in [0.15, 0.2) is 0 Å². The van der Waals surface area contributed by atoms with Gasteiger partial charge in [-0.3, -0.25) is 4.57 Å². The fourth-order valence-corrected chi connectivity index (χ4v) is 5.28. The van der Waals surface area contributed by atoms with Crippen LogP contribution in [-0.2, 0) is 6.61 Å². The first-order valence-electron chi connectivity index (χ1n) is 11.8. The second kappa shape index (κ2) is 8.29. The van der Waals surface area contributed by atoms with Crippen molar-refractivity contribution in [3.05, 3.63) is 99.2 Å². The van der Waals surface area contributed by atoms with Crippen LogP contribution in [0.15, 0.2) is 65.5 Å². The minimum Gasteiger partial charge on any atom is -0.488 e. The normalized spacial score (nSPS) is 19.1. The summed E-state index contributed by atoms with van der Waals surface area (Å²) in [6.45, 7) is 5.46. The van der Waals surface area contributed by atoms with E-state index >= 15 is 0 Å². The number of hydrogen-bond donors (Lipinski definition) is 1. The summed E-state index contributed by atoms with van der Waals surface area (Å²) in [5.41, 5.74) is 6.59. The Balaban J connectivity index is 1.47. The van der Waals surface area contributed by atoms with E-state index in [1.54, 1.807) is 6.07 Å². The van der Waals surface area contributed by atoms with Crippen LogP contribution in [0, 0.1) is 5.82 Å². The number of H-pyrrole nitrogens is 1. The second-order valence-electron chi connectivity index (χ2n) is 9.06. The number of aromatic amines is 1. The molecular formula is C28H26FN3O2. The number of likely N-dealkylation sites (tertiary alicyclic amines) is 1. The SMILES string of the molecule is CCN1CC[C@@H](n2c(=O)[nH]c3cc(C=C4c5ccccc5COc5cc(F)ccc54)ccc32)C1. The molecule has 2 aliphatic heterocycles. The molecule has 1 N–H and O–H groups in total. The highest BCUT2D eigenvalue weighted by Gasteiger charge is 2.26. The van der Waals surface area contributed by atoms with Gasteiger partial charge in [0.2, 0.25) is 0 Å². The van der Waals surface area contributed by atoms with E-state index in [2.05, 4.69) is 29.0 Å². The van der Waals surface area contributed by atoms with Gasteiger partial charge < -0.3 is 14.6 Å². The van der Waals surface area contributed by atoms with E-state index in [1.165, 1.54) is 12.1 Å². The van der Waals surface area contributed by atoms with Crippen molar-refractivity contribution in [2.24, 2.45) is 0 Å². The van der Waals surface area contributed by atoms with Crippen molar-refractivity contribution in [2.45, 2.75) is 26.0 Å². The minimum absolute atomic E-state index is 0.0585. The third-order valence-electron chi connectivity index (χ3n) is 7.04. The lowest BCUT2D eigenvalue weighted by Crippen LogP contribution is -2.26. The summed E-state index contributed by atoms with van der Waals surface area (Å²) in [4.78, 5) is 18.3. The van der Waals surface area contributed by atoms with Crippen LogP contribution in [0.5, 0.6) is 5.75 Å². The van der Waals surface area contributed by atoms with Gasteiger partial charge in [-0.05, 0) is 65.6 Å². The molecule has 6 heteroatoms. The highest BCUT2D eigenvalue weighted by Crippen LogP contribution is 2.38. The molecule has 3 aromatic carbocycles. The van der Waals surface area contributed by atoms with Gasteiger partial charge in [-0.1, -0.05) is 37.3 Å². The highest BCUT2D eigenvalue weighted by molar-refractivity contribution is 5.95. The van der Waals surface area contributed by atoms with E-state index in [0.717, 1.165) is 64.9 Å². The van der Waals surface area contributed by atoms with E-state index < -0.39 is 0 Å². The maximum atomic E-state index is 14.0. The summed E-state index contributed by atoms with van der Waals surface area (Å²) in [6, 6.07) is 19.1. The Morgan fingerprint density at radius 2 is 2.00 bits per heavy atom. The average molecular weight is 456 g/mol. The molecule has 0 amide bonds. The molecule has 0 saturated carbocycles. The number of nitrogens with zero attached hydrogens (tertiary/aromatic N) is 2. The fraction of sp³-hybridized carbons (Fsp3) is 0.250. The van der Waals surface area contributed by atoms with Crippen molar-refractivity contribution in [1.29, 1.82) is 0 Å². The van der Waals surface area contributed by atoms with Crippen molar-refractivity contribution in [3.8, 4) is 5.75 Å². The zero-order chi connectivity index (χ0) is 23.2. The monoisotopic (exact) mass is 455 g/mol. The lowest BCUT2D eigenvalue weighted by Gasteiger charge is -2.14. The molecule has 1 saturated heterocycles. The Kier molecular flexibility index (Phi) is 5.11. The van der Waals surface area contributed by atoms with Crippen LogP contribution in [0.2, 0.25) is 0 Å². The molecule has 34 heavy (non-hydrogen) atoms. The predicted molar refractivity (Wildman–Crippen MR) is 132 cm³/mol. The number of benzene rings is 3. The Morgan fingerprint density at radius 3 is 2.85 bits per heavy atom. The number of rotatable bonds is 3. The number of ether oxygens (including phenoxy) is 1. The molecule has 4 aromatic rings. The van der Waals surface area contributed by atoms with E-state index in [1.807, 2.05) is 41.0 Å². The molecule has 1 atom stereocenters. The molecule has 0 aliphatic carbocycles. The first kappa shape index (κ1) is 20.9. The van der Waals surface area contributed by atoms with E-state index in [0.29, 0.717) is 12.4 Å². The quantitative estimate of drug-likeness (QED) is 0.461. The molecule has 172 valence electrons. The molecular weight excluding hydrogens is 429 g/mol. The summed E-state index contributed by atoms with van der Waals surface area (Å²) in [6.07, 6.45) is 3.07. The van der Waals surface area contributed by atoms with Gasteiger partial charge in [-0.15, -0.1) is 0 Å². The summed E-state index contributed by atoms with van der Waals surface area (Å²) in [5, 5.41) is 0. The maximum Gasteiger partial charge on any atom is 0.326 e. The van der Waals surface area contributed by atoms with E-state index in [-0.39, 0.29) is 17.5 Å². The molecule has 5 nitrogen and oxygen atoms in total. The summed E-state index contributed by atoms with van der Waals surface area (Å²) < 4.78 is 21.8. The van der Waals surface area contributed by atoms with Crippen molar-refractivity contribution < 1.29 is 9.13 Å². The van der Waals surface area contributed by atoms with Crippen LogP contribution in [0.1, 0.15) is 41.6 Å².